The summed E-state index contributed by atoms with van der Waals surface area (Å²) in [5.41, 5.74) is 8.59. The summed E-state index contributed by atoms with van der Waals surface area (Å²) in [7, 11) is 0. The molecule has 6 nitrogen and oxygen atoms in total. The lowest BCUT2D eigenvalue weighted by Gasteiger charge is -2.21. The van der Waals surface area contributed by atoms with E-state index in [4.69, 9.17) is 26.5 Å². The van der Waals surface area contributed by atoms with Crippen molar-refractivity contribution in [2.45, 2.75) is 12.8 Å². The number of fused-ring (bicyclic) bond motifs is 1. The first-order valence-corrected chi connectivity index (χ1v) is 7.94. The predicted octanol–water partition coefficient (Wildman–Crippen LogP) is 3.85. The highest BCUT2D eigenvalue weighted by molar-refractivity contribution is 6.30. The van der Waals surface area contributed by atoms with Crippen LogP contribution in [-0.2, 0) is 0 Å². The zero-order valence-corrected chi connectivity index (χ0v) is 14.0. The van der Waals surface area contributed by atoms with Crippen molar-refractivity contribution in [3.63, 3.8) is 0 Å². The fourth-order valence-electron chi connectivity index (χ4n) is 2.99. The average Bonchev–Trinajstić information content (AvgIpc) is 3.21. The van der Waals surface area contributed by atoms with Gasteiger partial charge in [0, 0.05) is 16.3 Å². The lowest BCUT2D eigenvalue weighted by Crippen LogP contribution is -2.20. The summed E-state index contributed by atoms with van der Waals surface area (Å²) in [5, 5.41) is 17.1. The first-order valence-electron chi connectivity index (χ1n) is 7.56. The Hall–Kier alpha value is -3.17. The topological polar surface area (TPSA) is 101 Å². The van der Waals surface area contributed by atoms with Gasteiger partial charge in [-0.05, 0) is 31.2 Å². The van der Waals surface area contributed by atoms with Gasteiger partial charge >= 0.3 is 0 Å². The lowest BCUT2D eigenvalue weighted by atomic mass is 9.88. The summed E-state index contributed by atoms with van der Waals surface area (Å²) in [4.78, 5) is 0. The summed E-state index contributed by atoms with van der Waals surface area (Å²) in [5.74, 6) is 1.17. The van der Waals surface area contributed by atoms with Crippen molar-refractivity contribution in [2.75, 3.05) is 0 Å². The van der Waals surface area contributed by atoms with Gasteiger partial charge in [-0.3, -0.25) is 5.10 Å². The highest BCUT2D eigenvalue weighted by Crippen LogP contribution is 2.43. The zero-order chi connectivity index (χ0) is 17.6. The molecule has 1 aromatic carbocycles. The van der Waals surface area contributed by atoms with E-state index >= 15 is 0 Å². The molecule has 7 heteroatoms. The molecule has 1 unspecified atom stereocenters. The van der Waals surface area contributed by atoms with Gasteiger partial charge < -0.3 is 14.9 Å². The maximum atomic E-state index is 9.55. The molecule has 1 aliphatic heterocycles. The van der Waals surface area contributed by atoms with Crippen molar-refractivity contribution in [1.29, 1.82) is 5.26 Å². The Labute approximate surface area is 148 Å². The molecule has 3 heterocycles. The van der Waals surface area contributed by atoms with E-state index in [1.807, 2.05) is 37.3 Å². The second-order valence-electron chi connectivity index (χ2n) is 5.70. The van der Waals surface area contributed by atoms with Gasteiger partial charge in [0.25, 0.3) is 0 Å². The van der Waals surface area contributed by atoms with Gasteiger partial charge in [0.15, 0.2) is 0 Å². The van der Waals surface area contributed by atoms with Crippen LogP contribution in [0.2, 0.25) is 5.02 Å². The van der Waals surface area contributed by atoms with E-state index in [9.17, 15) is 5.26 Å². The molecule has 0 saturated heterocycles. The smallest absolute Gasteiger partial charge is 0.244 e. The average molecular weight is 353 g/mol. The van der Waals surface area contributed by atoms with Crippen LogP contribution >= 0.6 is 11.6 Å². The van der Waals surface area contributed by atoms with Crippen molar-refractivity contribution >= 4 is 11.6 Å². The predicted molar refractivity (Wildman–Crippen MR) is 91.8 cm³/mol. The number of halogens is 1. The number of rotatable bonds is 2. The van der Waals surface area contributed by atoms with E-state index < -0.39 is 5.92 Å². The number of benzene rings is 1. The van der Waals surface area contributed by atoms with Crippen molar-refractivity contribution in [3.8, 4) is 23.3 Å². The summed E-state index contributed by atoms with van der Waals surface area (Å²) in [6.07, 6.45) is 0. The Morgan fingerprint density at radius 3 is 2.92 bits per heavy atom. The third-order valence-corrected chi connectivity index (χ3v) is 4.38. The van der Waals surface area contributed by atoms with Crippen molar-refractivity contribution < 1.29 is 9.15 Å². The molecule has 3 N–H and O–H groups in total. The highest BCUT2D eigenvalue weighted by Gasteiger charge is 2.36. The molecule has 0 aliphatic carbocycles. The molecule has 1 aliphatic rings. The molecule has 3 aromatic rings. The molecule has 0 bridgehead atoms. The second kappa shape index (κ2) is 5.72. The summed E-state index contributed by atoms with van der Waals surface area (Å²) < 4.78 is 11.5. The first kappa shape index (κ1) is 15.4. The SMILES string of the molecule is Cc1[nH]nc2c1C(c1ccc(-c3cccc(Cl)c3)o1)C(C#N)=C(N)O2. The minimum absolute atomic E-state index is 0.0344. The molecule has 1 atom stereocenters. The standard InChI is InChI=1S/C18H13ClN4O2/c1-9-15-16(12(8-20)17(21)25-18(15)23-22-9)14-6-5-13(24-14)10-3-2-4-11(19)7-10/h2-7,16H,21H2,1H3,(H,22,23). The number of aromatic amines is 1. The van der Waals surface area contributed by atoms with Gasteiger partial charge in [-0.1, -0.05) is 23.7 Å². The normalized spacial score (nSPS) is 16.3. The number of furan rings is 1. The Bertz CT molecular complexity index is 1040. The number of aromatic nitrogens is 2. The van der Waals surface area contributed by atoms with Crippen LogP contribution in [0.5, 0.6) is 5.88 Å². The molecule has 124 valence electrons. The highest BCUT2D eigenvalue weighted by atomic mass is 35.5. The minimum atomic E-state index is -0.472. The van der Waals surface area contributed by atoms with E-state index in [0.29, 0.717) is 28.0 Å². The molecular formula is C18H13ClN4O2. The molecule has 0 amide bonds. The monoisotopic (exact) mass is 352 g/mol. The maximum Gasteiger partial charge on any atom is 0.244 e. The van der Waals surface area contributed by atoms with Gasteiger partial charge in [0.2, 0.25) is 11.8 Å². The van der Waals surface area contributed by atoms with Gasteiger partial charge in [-0.25, -0.2) is 0 Å². The van der Waals surface area contributed by atoms with Crippen LogP contribution in [-0.4, -0.2) is 10.2 Å². The number of nitriles is 1. The fraction of sp³-hybridized carbons (Fsp3) is 0.111. The van der Waals surface area contributed by atoms with E-state index in [1.54, 1.807) is 6.07 Å². The first-order chi connectivity index (χ1) is 12.1. The zero-order valence-electron chi connectivity index (χ0n) is 13.2. The number of hydrogen-bond donors (Lipinski definition) is 2. The number of nitrogens with one attached hydrogen (secondary N) is 1. The summed E-state index contributed by atoms with van der Waals surface area (Å²) >= 11 is 6.05. The summed E-state index contributed by atoms with van der Waals surface area (Å²) in [6, 6.07) is 13.2. The Kier molecular flexibility index (Phi) is 3.52. The van der Waals surface area contributed by atoms with Crippen LogP contribution in [0.15, 0.2) is 52.3 Å². The molecular weight excluding hydrogens is 340 g/mol. The quantitative estimate of drug-likeness (QED) is 0.729. The Morgan fingerprint density at radius 1 is 1.32 bits per heavy atom. The van der Waals surface area contributed by atoms with Crippen molar-refractivity contribution in [3.05, 3.63) is 69.9 Å². The number of nitrogens with two attached hydrogens (primary N) is 1. The number of aryl methyl sites for hydroxylation is 1. The third kappa shape index (κ3) is 2.46. The van der Waals surface area contributed by atoms with Crippen LogP contribution in [0, 0.1) is 18.3 Å². The number of ether oxygens (including phenoxy) is 1. The minimum Gasteiger partial charge on any atom is -0.460 e. The number of H-pyrrole nitrogens is 1. The van der Waals surface area contributed by atoms with Crippen molar-refractivity contribution in [2.24, 2.45) is 5.73 Å². The van der Waals surface area contributed by atoms with Crippen LogP contribution in [0.4, 0.5) is 0 Å². The lowest BCUT2D eigenvalue weighted by molar-refractivity contribution is 0.371. The van der Waals surface area contributed by atoms with E-state index in [2.05, 4.69) is 16.3 Å². The van der Waals surface area contributed by atoms with Crippen molar-refractivity contribution in [1.82, 2.24) is 10.2 Å². The Morgan fingerprint density at radius 2 is 2.16 bits per heavy atom. The van der Waals surface area contributed by atoms with Gasteiger partial charge in [-0.2, -0.15) is 5.26 Å². The van der Waals surface area contributed by atoms with Crippen LogP contribution in [0.25, 0.3) is 11.3 Å². The van der Waals surface area contributed by atoms with Crippen LogP contribution < -0.4 is 10.5 Å². The second-order valence-corrected chi connectivity index (χ2v) is 6.14. The van der Waals surface area contributed by atoms with Gasteiger partial charge in [0.05, 0.1) is 11.5 Å². The summed E-state index contributed by atoms with van der Waals surface area (Å²) in [6.45, 7) is 1.86. The van der Waals surface area contributed by atoms with Crippen LogP contribution in [0.1, 0.15) is 22.9 Å². The molecule has 2 aromatic heterocycles. The fourth-order valence-corrected chi connectivity index (χ4v) is 3.18. The van der Waals surface area contributed by atoms with Gasteiger partial charge in [-0.15, -0.1) is 5.10 Å². The number of nitrogens with zero attached hydrogens (tertiary/aromatic N) is 2. The molecule has 4 rings (SSSR count). The maximum absolute atomic E-state index is 9.55. The number of allylic oxidation sites excluding steroid dienone is 1. The van der Waals surface area contributed by atoms with Gasteiger partial charge in [0.1, 0.15) is 23.2 Å². The molecule has 0 radical (unpaired) electrons. The third-order valence-electron chi connectivity index (χ3n) is 4.15. The number of hydrogen-bond acceptors (Lipinski definition) is 5. The molecule has 0 spiro atoms. The Balaban J connectivity index is 1.84. The molecule has 0 saturated carbocycles. The van der Waals surface area contributed by atoms with E-state index in [1.165, 1.54) is 0 Å². The largest absolute Gasteiger partial charge is 0.460 e. The van der Waals surface area contributed by atoms with E-state index in [0.717, 1.165) is 16.8 Å². The van der Waals surface area contributed by atoms with E-state index in [-0.39, 0.29) is 5.88 Å². The molecule has 0 fully saturated rings. The van der Waals surface area contributed by atoms with Crippen LogP contribution in [0.3, 0.4) is 0 Å². The molecule has 25 heavy (non-hydrogen) atoms.